The maximum absolute atomic E-state index is 12.8. The van der Waals surface area contributed by atoms with E-state index in [0.29, 0.717) is 12.8 Å². The van der Waals surface area contributed by atoms with E-state index in [1.165, 1.54) is 180 Å². The molecule has 0 unspecified atom stereocenters. The van der Waals surface area contributed by atoms with E-state index >= 15 is 0 Å². The molecule has 0 aliphatic rings. The predicted octanol–water partition coefficient (Wildman–Crippen LogP) is 15.6. The second kappa shape index (κ2) is 39.0. The van der Waals surface area contributed by atoms with E-state index in [0.717, 1.165) is 47.4 Å². The van der Waals surface area contributed by atoms with Gasteiger partial charge in [-0.2, -0.15) is 0 Å². The van der Waals surface area contributed by atoms with E-state index in [2.05, 4.69) is 13.8 Å². The van der Waals surface area contributed by atoms with Crippen molar-refractivity contribution < 1.29 is 15.7 Å². The number of hydrogen-bond donors (Lipinski definition) is 0. The molecule has 0 amide bonds. The molecule has 0 spiro atoms. The molecule has 0 atom stereocenters. The first-order valence-corrected chi connectivity index (χ1v) is 28.8. The molecule has 0 aromatic heterocycles. The van der Waals surface area contributed by atoms with Gasteiger partial charge in [0, 0.05) is 0 Å². The predicted molar refractivity (Wildman–Crippen MR) is 216 cm³/mol. The van der Waals surface area contributed by atoms with Crippen LogP contribution in [0.1, 0.15) is 259 Å². The molecule has 0 bridgehead atoms. The standard InChI is InChI=1S/2C18H37.2C4H8O2.Sn/c2*1-3-5-7-9-11-13-15-17-18-16-14-12-10-8-6-4-2;2*1-2-3-4(5)6;/h2*1,3-18H2,2H3;2*2-3H2,1H3,(H,5,6);/q;;;;+2/p-2. The zero-order valence-corrected chi connectivity index (χ0v) is 36.9. The molecule has 0 fully saturated rings. The van der Waals surface area contributed by atoms with Crippen LogP contribution >= 0.6 is 0 Å². The van der Waals surface area contributed by atoms with Crippen molar-refractivity contribution in [2.24, 2.45) is 0 Å². The minimum atomic E-state index is -3.85. The third kappa shape index (κ3) is 34.6. The fourth-order valence-electron chi connectivity index (χ4n) is 7.16. The first-order chi connectivity index (χ1) is 24.0. The third-order valence-electron chi connectivity index (χ3n) is 10.3. The van der Waals surface area contributed by atoms with Gasteiger partial charge in [0.1, 0.15) is 0 Å². The van der Waals surface area contributed by atoms with Crippen molar-refractivity contribution in [3.05, 3.63) is 0 Å². The van der Waals surface area contributed by atoms with Gasteiger partial charge in [0.2, 0.25) is 0 Å². The van der Waals surface area contributed by atoms with Crippen molar-refractivity contribution in [3.63, 3.8) is 0 Å². The molecule has 0 saturated heterocycles. The average molecular weight is 800 g/mol. The van der Waals surface area contributed by atoms with Crippen LogP contribution in [0.4, 0.5) is 0 Å². The molecule has 0 N–H and O–H groups in total. The molecule has 0 rings (SSSR count). The summed E-state index contributed by atoms with van der Waals surface area (Å²) in [4.78, 5) is 25.6. The van der Waals surface area contributed by atoms with Crippen molar-refractivity contribution in [2.45, 2.75) is 268 Å². The van der Waals surface area contributed by atoms with Gasteiger partial charge in [0.15, 0.2) is 0 Å². The van der Waals surface area contributed by atoms with Gasteiger partial charge in [0.25, 0.3) is 0 Å². The number of unbranched alkanes of at least 4 members (excludes halogenated alkanes) is 30. The first-order valence-electron chi connectivity index (χ1n) is 22.5. The Balaban J connectivity index is 4.35. The Morgan fingerprint density at radius 2 is 0.510 bits per heavy atom. The fourth-order valence-corrected chi connectivity index (χ4v) is 16.6. The summed E-state index contributed by atoms with van der Waals surface area (Å²) in [5.74, 6) is -0.258. The summed E-state index contributed by atoms with van der Waals surface area (Å²) in [5.41, 5.74) is 0. The Hall–Kier alpha value is -0.261. The Kier molecular flexibility index (Phi) is 38.7. The monoisotopic (exact) mass is 801 g/mol. The topological polar surface area (TPSA) is 52.6 Å². The minimum absolute atomic E-state index is 0.129. The summed E-state index contributed by atoms with van der Waals surface area (Å²) in [5, 5.41) is 0. The van der Waals surface area contributed by atoms with Crippen LogP contribution in [-0.2, 0) is 15.7 Å². The maximum atomic E-state index is 12.8. The van der Waals surface area contributed by atoms with Crippen LogP contribution < -0.4 is 0 Å². The van der Waals surface area contributed by atoms with Gasteiger partial charge in [-0.05, 0) is 0 Å². The number of hydrogen-bond acceptors (Lipinski definition) is 4. The van der Waals surface area contributed by atoms with E-state index < -0.39 is 19.2 Å². The summed E-state index contributed by atoms with van der Waals surface area (Å²) in [6.45, 7) is 8.62. The molecular weight excluding hydrogens is 711 g/mol. The van der Waals surface area contributed by atoms with Crippen LogP contribution in [0, 0.1) is 0 Å². The Bertz CT molecular complexity index is 638. The fraction of sp³-hybridized carbons (Fsp3) is 0.955. The molecule has 0 saturated carbocycles. The number of rotatable bonds is 40. The van der Waals surface area contributed by atoms with Crippen molar-refractivity contribution in [1.29, 1.82) is 0 Å². The van der Waals surface area contributed by atoms with Crippen molar-refractivity contribution >= 4 is 31.1 Å². The molecule has 5 heteroatoms. The molecule has 0 aromatic carbocycles. The van der Waals surface area contributed by atoms with Crippen molar-refractivity contribution in [1.82, 2.24) is 0 Å². The summed E-state index contributed by atoms with van der Waals surface area (Å²) >= 11 is -3.85. The van der Waals surface area contributed by atoms with Gasteiger partial charge in [-0.25, -0.2) is 0 Å². The molecular formula is C44H88O4Sn. The third-order valence-corrected chi connectivity index (χ3v) is 20.1. The Morgan fingerprint density at radius 3 is 0.714 bits per heavy atom. The molecule has 0 aliphatic heterocycles. The van der Waals surface area contributed by atoms with Crippen molar-refractivity contribution in [3.8, 4) is 0 Å². The van der Waals surface area contributed by atoms with E-state index in [9.17, 15) is 9.59 Å². The van der Waals surface area contributed by atoms with Crippen molar-refractivity contribution in [2.75, 3.05) is 0 Å². The van der Waals surface area contributed by atoms with Crippen LogP contribution in [0.5, 0.6) is 0 Å². The zero-order chi connectivity index (χ0) is 35.9. The SMILES string of the molecule is CCCCCCCCCCCCCCCCC[CH2][Sn]([CH2]CCCCCCCCCCCCCCCCC)([O]C(=O)CCC)[O]C(=O)CCC. The van der Waals surface area contributed by atoms with E-state index in [1.54, 1.807) is 0 Å². The summed E-state index contributed by atoms with van der Waals surface area (Å²) in [7, 11) is 0. The summed E-state index contributed by atoms with van der Waals surface area (Å²) in [6, 6.07) is 0. The summed E-state index contributed by atoms with van der Waals surface area (Å²) < 4.78 is 14.2. The van der Waals surface area contributed by atoms with Gasteiger partial charge in [0.05, 0.1) is 0 Å². The number of carbonyl (C=O) groups excluding carboxylic acids is 2. The van der Waals surface area contributed by atoms with E-state index in [-0.39, 0.29) is 11.9 Å². The quantitative estimate of drug-likeness (QED) is 0.0458. The van der Waals surface area contributed by atoms with Crippen LogP contribution in [0.2, 0.25) is 8.87 Å². The van der Waals surface area contributed by atoms with Crippen LogP contribution in [-0.4, -0.2) is 31.1 Å². The Labute approximate surface area is 313 Å². The molecule has 292 valence electrons. The molecule has 0 aliphatic carbocycles. The van der Waals surface area contributed by atoms with Crippen LogP contribution in [0.25, 0.3) is 0 Å². The average Bonchev–Trinajstić information content (AvgIpc) is 3.08. The van der Waals surface area contributed by atoms with Gasteiger partial charge in [-0.1, -0.05) is 78.1 Å². The molecule has 4 nitrogen and oxygen atoms in total. The van der Waals surface area contributed by atoms with Crippen LogP contribution in [0.3, 0.4) is 0 Å². The van der Waals surface area contributed by atoms with Crippen LogP contribution in [0.15, 0.2) is 0 Å². The molecule has 49 heavy (non-hydrogen) atoms. The zero-order valence-electron chi connectivity index (χ0n) is 34.0. The van der Waals surface area contributed by atoms with Gasteiger partial charge in [-0.3, -0.25) is 0 Å². The second-order valence-corrected chi connectivity index (χ2v) is 24.7. The molecule has 0 aromatic rings. The molecule has 0 radical (unpaired) electrons. The van der Waals surface area contributed by atoms with Gasteiger partial charge in [-0.15, -0.1) is 0 Å². The number of carbonyl (C=O) groups is 2. The van der Waals surface area contributed by atoms with Gasteiger partial charge >= 0.3 is 237 Å². The Morgan fingerprint density at radius 1 is 0.306 bits per heavy atom. The summed E-state index contributed by atoms with van der Waals surface area (Å²) in [6.07, 6.45) is 45.4. The van der Waals surface area contributed by atoms with E-state index in [1.807, 2.05) is 13.8 Å². The first kappa shape index (κ1) is 48.7. The van der Waals surface area contributed by atoms with E-state index in [4.69, 9.17) is 6.15 Å². The second-order valence-electron chi connectivity index (χ2n) is 15.5. The normalized spacial score (nSPS) is 11.7. The van der Waals surface area contributed by atoms with Gasteiger partial charge < -0.3 is 0 Å². The molecule has 0 heterocycles.